The molecule has 0 bridgehead atoms. The van der Waals surface area contributed by atoms with E-state index >= 15 is 0 Å². The van der Waals surface area contributed by atoms with Crippen LogP contribution in [0.4, 0.5) is 5.69 Å². The van der Waals surface area contributed by atoms with E-state index in [0.29, 0.717) is 17.9 Å². The molecule has 0 aliphatic heterocycles. The number of ether oxygens (including phenoxy) is 2. The van der Waals surface area contributed by atoms with Crippen molar-refractivity contribution in [1.82, 2.24) is 0 Å². The molecule has 126 valence electrons. The number of hydrogen-bond donors (Lipinski definition) is 1. The van der Waals surface area contributed by atoms with Crippen LogP contribution in [0.15, 0.2) is 42.5 Å². The lowest BCUT2D eigenvalue weighted by Crippen LogP contribution is -2.22. The minimum absolute atomic E-state index is 0.305. The highest BCUT2D eigenvalue weighted by Gasteiger charge is 2.15. The van der Waals surface area contributed by atoms with Gasteiger partial charge in [0.2, 0.25) is 0 Å². The number of carbonyl (C=O) groups excluding carboxylic acids is 2. The lowest BCUT2D eigenvalue weighted by Gasteiger charge is -2.12. The molecule has 2 rings (SSSR count). The van der Waals surface area contributed by atoms with Crippen LogP contribution in [0.25, 0.3) is 0 Å². The molecule has 2 aromatic carbocycles. The van der Waals surface area contributed by atoms with Gasteiger partial charge in [-0.15, -0.1) is 0 Å². The standard InChI is InChI=1S/C19H21NO4/c1-4-23-16-11-6-5-10-15(16)19(22)24-12-17(21)20-18-13(2)8-7-9-14(18)3/h5-11H,4,12H2,1-3H3,(H,20,21). The Bertz CT molecular complexity index is 720. The number of carbonyl (C=O) groups is 2. The number of nitrogens with one attached hydrogen (secondary N) is 1. The second kappa shape index (κ2) is 8.15. The van der Waals surface area contributed by atoms with E-state index in [1.807, 2.05) is 39.0 Å². The molecule has 5 nitrogen and oxygen atoms in total. The van der Waals surface area contributed by atoms with Crippen molar-refractivity contribution >= 4 is 17.6 Å². The van der Waals surface area contributed by atoms with Gasteiger partial charge in [-0.05, 0) is 44.0 Å². The van der Waals surface area contributed by atoms with Crippen molar-refractivity contribution in [2.75, 3.05) is 18.5 Å². The Kier molecular flexibility index (Phi) is 5.95. The maximum absolute atomic E-state index is 12.1. The van der Waals surface area contributed by atoms with Crippen LogP contribution in [0.1, 0.15) is 28.4 Å². The number of amides is 1. The van der Waals surface area contributed by atoms with E-state index in [1.54, 1.807) is 24.3 Å². The Morgan fingerprint density at radius 3 is 2.33 bits per heavy atom. The minimum Gasteiger partial charge on any atom is -0.493 e. The summed E-state index contributed by atoms with van der Waals surface area (Å²) in [7, 11) is 0. The van der Waals surface area contributed by atoms with Gasteiger partial charge in [0.1, 0.15) is 11.3 Å². The lowest BCUT2D eigenvalue weighted by molar-refractivity contribution is -0.119. The van der Waals surface area contributed by atoms with Crippen LogP contribution in [0.5, 0.6) is 5.75 Å². The van der Waals surface area contributed by atoms with Crippen LogP contribution >= 0.6 is 0 Å². The molecule has 1 N–H and O–H groups in total. The van der Waals surface area contributed by atoms with Gasteiger partial charge in [0.05, 0.1) is 6.61 Å². The second-order valence-corrected chi connectivity index (χ2v) is 5.32. The molecule has 0 atom stereocenters. The Hall–Kier alpha value is -2.82. The Morgan fingerprint density at radius 2 is 1.67 bits per heavy atom. The predicted octanol–water partition coefficient (Wildman–Crippen LogP) is 3.50. The highest BCUT2D eigenvalue weighted by molar-refractivity contribution is 5.97. The molecule has 24 heavy (non-hydrogen) atoms. The summed E-state index contributed by atoms with van der Waals surface area (Å²) >= 11 is 0. The van der Waals surface area contributed by atoms with Gasteiger partial charge in [0.25, 0.3) is 5.91 Å². The summed E-state index contributed by atoms with van der Waals surface area (Å²) in [6.07, 6.45) is 0. The van der Waals surface area contributed by atoms with Gasteiger partial charge in [-0.3, -0.25) is 4.79 Å². The van der Waals surface area contributed by atoms with Crippen molar-refractivity contribution in [3.05, 3.63) is 59.2 Å². The lowest BCUT2D eigenvalue weighted by atomic mass is 10.1. The molecule has 0 unspecified atom stereocenters. The van der Waals surface area contributed by atoms with E-state index in [4.69, 9.17) is 9.47 Å². The van der Waals surface area contributed by atoms with Crippen LogP contribution in [0, 0.1) is 13.8 Å². The molecule has 0 fully saturated rings. The second-order valence-electron chi connectivity index (χ2n) is 5.32. The zero-order valence-corrected chi connectivity index (χ0v) is 14.1. The highest BCUT2D eigenvalue weighted by Crippen LogP contribution is 2.20. The van der Waals surface area contributed by atoms with Crippen LogP contribution in [0.3, 0.4) is 0 Å². The highest BCUT2D eigenvalue weighted by atomic mass is 16.5. The number of hydrogen-bond acceptors (Lipinski definition) is 4. The summed E-state index contributed by atoms with van der Waals surface area (Å²) < 4.78 is 10.5. The molecular weight excluding hydrogens is 306 g/mol. The van der Waals surface area contributed by atoms with Gasteiger partial charge in [-0.2, -0.15) is 0 Å². The van der Waals surface area contributed by atoms with E-state index in [1.165, 1.54) is 0 Å². The van der Waals surface area contributed by atoms with Gasteiger partial charge in [-0.1, -0.05) is 30.3 Å². The first-order chi connectivity index (χ1) is 11.5. The SMILES string of the molecule is CCOc1ccccc1C(=O)OCC(=O)Nc1c(C)cccc1C. The van der Waals surface area contributed by atoms with Crippen LogP contribution in [0.2, 0.25) is 0 Å². The Balaban J connectivity index is 1.98. The van der Waals surface area contributed by atoms with Gasteiger partial charge < -0.3 is 14.8 Å². The summed E-state index contributed by atoms with van der Waals surface area (Å²) in [5, 5.41) is 2.78. The van der Waals surface area contributed by atoms with Crippen LogP contribution in [-0.2, 0) is 9.53 Å². The number of aryl methyl sites for hydroxylation is 2. The fourth-order valence-electron chi connectivity index (χ4n) is 2.31. The van der Waals surface area contributed by atoms with E-state index in [2.05, 4.69) is 5.32 Å². The minimum atomic E-state index is -0.587. The zero-order valence-electron chi connectivity index (χ0n) is 14.1. The number of benzene rings is 2. The van der Waals surface area contributed by atoms with Crippen molar-refractivity contribution < 1.29 is 19.1 Å². The third-order valence-electron chi connectivity index (χ3n) is 3.49. The maximum atomic E-state index is 12.1. The summed E-state index contributed by atoms with van der Waals surface area (Å²) in [6, 6.07) is 12.5. The average Bonchev–Trinajstić information content (AvgIpc) is 2.57. The molecule has 0 heterocycles. The largest absolute Gasteiger partial charge is 0.493 e. The first-order valence-corrected chi connectivity index (χ1v) is 7.78. The first-order valence-electron chi connectivity index (χ1n) is 7.78. The van der Waals surface area contributed by atoms with Crippen molar-refractivity contribution in [2.24, 2.45) is 0 Å². The van der Waals surface area contributed by atoms with Crippen molar-refractivity contribution in [3.63, 3.8) is 0 Å². The van der Waals surface area contributed by atoms with Gasteiger partial charge in [-0.25, -0.2) is 4.79 Å². The topological polar surface area (TPSA) is 64.6 Å². The smallest absolute Gasteiger partial charge is 0.342 e. The zero-order chi connectivity index (χ0) is 17.5. The van der Waals surface area contributed by atoms with Crippen molar-refractivity contribution in [3.8, 4) is 5.75 Å². The summed E-state index contributed by atoms with van der Waals surface area (Å²) in [4.78, 5) is 24.2. The third kappa shape index (κ3) is 4.35. The molecule has 0 spiro atoms. The fraction of sp³-hybridized carbons (Fsp3) is 0.263. The molecule has 0 saturated heterocycles. The first kappa shape index (κ1) is 17.5. The normalized spacial score (nSPS) is 10.1. The van der Waals surface area contributed by atoms with Crippen LogP contribution < -0.4 is 10.1 Å². The molecule has 0 aromatic heterocycles. The summed E-state index contributed by atoms with van der Waals surface area (Å²) in [6.45, 7) is 5.74. The average molecular weight is 327 g/mol. The van der Waals surface area contributed by atoms with Crippen molar-refractivity contribution in [2.45, 2.75) is 20.8 Å². The number of anilines is 1. The molecular formula is C19H21NO4. The molecule has 5 heteroatoms. The van der Waals surface area contributed by atoms with E-state index in [9.17, 15) is 9.59 Å². The Labute approximate surface area is 141 Å². The molecule has 0 saturated carbocycles. The molecule has 0 aliphatic carbocycles. The van der Waals surface area contributed by atoms with Crippen LogP contribution in [-0.4, -0.2) is 25.1 Å². The quantitative estimate of drug-likeness (QED) is 0.825. The number of esters is 1. The summed E-state index contributed by atoms with van der Waals surface area (Å²) in [5.74, 6) is -0.523. The molecule has 0 aliphatic rings. The fourth-order valence-corrected chi connectivity index (χ4v) is 2.31. The van der Waals surface area contributed by atoms with Gasteiger partial charge >= 0.3 is 5.97 Å². The molecule has 0 radical (unpaired) electrons. The molecule has 2 aromatic rings. The van der Waals surface area contributed by atoms with Crippen molar-refractivity contribution in [1.29, 1.82) is 0 Å². The Morgan fingerprint density at radius 1 is 1.00 bits per heavy atom. The monoisotopic (exact) mass is 327 g/mol. The van der Waals surface area contributed by atoms with E-state index in [0.717, 1.165) is 16.8 Å². The van der Waals surface area contributed by atoms with E-state index in [-0.39, 0.29) is 12.5 Å². The molecule has 1 amide bonds. The maximum Gasteiger partial charge on any atom is 0.342 e. The van der Waals surface area contributed by atoms with Gasteiger partial charge in [0.15, 0.2) is 6.61 Å². The van der Waals surface area contributed by atoms with Gasteiger partial charge in [0, 0.05) is 5.69 Å². The predicted molar refractivity (Wildman–Crippen MR) is 92.4 cm³/mol. The van der Waals surface area contributed by atoms with E-state index < -0.39 is 5.97 Å². The number of para-hydroxylation sites is 2. The number of rotatable bonds is 6. The third-order valence-corrected chi connectivity index (χ3v) is 3.49. The summed E-state index contributed by atoms with van der Waals surface area (Å²) in [5.41, 5.74) is 2.96.